The normalized spacial score (nSPS) is 9.81. The van der Waals surface area contributed by atoms with E-state index in [-0.39, 0.29) is 51.3 Å². The van der Waals surface area contributed by atoms with Crippen LogP contribution in [-0.2, 0) is 51.3 Å². The molecular weight excluding hydrogens is 458 g/mol. The summed E-state index contributed by atoms with van der Waals surface area (Å²) in [6, 6.07) is 11.0. The number of ether oxygens (including phenoxy) is 4. The van der Waals surface area contributed by atoms with E-state index in [1.54, 1.807) is 28.4 Å². The van der Waals surface area contributed by atoms with Crippen molar-refractivity contribution in [3.63, 3.8) is 0 Å². The SMILES string of the molecule is COc1cc([CH-]c2[c-]cc3c(C)c(OC)ccn23)cc(OC)c1OC.[V].[Y]. The fourth-order valence-electron chi connectivity index (χ4n) is 2.93. The molecule has 5 nitrogen and oxygen atoms in total. The van der Waals surface area contributed by atoms with Crippen LogP contribution < -0.4 is 18.9 Å². The van der Waals surface area contributed by atoms with Gasteiger partial charge in [-0.25, -0.2) is 12.5 Å². The third-order valence-corrected chi connectivity index (χ3v) is 4.21. The molecule has 0 N–H and O–H groups in total. The molecule has 0 atom stereocenters. The average molecular weight is 479 g/mol. The Morgan fingerprint density at radius 2 is 1.52 bits per heavy atom. The number of nitrogens with zero attached hydrogens (tertiary/aromatic N) is 1. The van der Waals surface area contributed by atoms with Gasteiger partial charge in [-0.2, -0.15) is 12.1 Å². The predicted octanol–water partition coefficient (Wildman–Crippen LogP) is 3.68. The van der Waals surface area contributed by atoms with Crippen molar-refractivity contribution in [2.24, 2.45) is 0 Å². The van der Waals surface area contributed by atoms with Gasteiger partial charge in [-0.3, -0.25) is 5.56 Å². The fourth-order valence-corrected chi connectivity index (χ4v) is 2.93. The molecule has 27 heavy (non-hydrogen) atoms. The zero-order chi connectivity index (χ0) is 18.0. The van der Waals surface area contributed by atoms with E-state index in [1.807, 2.05) is 43.8 Å². The molecule has 3 aromatic rings. The van der Waals surface area contributed by atoms with Gasteiger partial charge in [-0.15, -0.1) is 11.8 Å². The summed E-state index contributed by atoms with van der Waals surface area (Å²) in [5, 5.41) is 0. The topological polar surface area (TPSA) is 41.3 Å². The van der Waals surface area contributed by atoms with Crippen LogP contribution in [0.5, 0.6) is 23.0 Å². The second-order valence-corrected chi connectivity index (χ2v) is 5.54. The first kappa shape index (κ1) is 23.8. The molecule has 0 unspecified atom stereocenters. The Kier molecular flexibility index (Phi) is 9.10. The minimum Gasteiger partial charge on any atom is -0.512 e. The number of benzene rings is 1. The van der Waals surface area contributed by atoms with Crippen LogP contribution in [0, 0.1) is 19.4 Å². The van der Waals surface area contributed by atoms with Gasteiger partial charge in [0.2, 0.25) is 0 Å². The third kappa shape index (κ3) is 4.60. The second-order valence-electron chi connectivity index (χ2n) is 5.54. The molecule has 0 fully saturated rings. The van der Waals surface area contributed by atoms with Crippen molar-refractivity contribution in [2.75, 3.05) is 28.4 Å². The average Bonchev–Trinajstić information content (AvgIpc) is 3.04. The van der Waals surface area contributed by atoms with Crippen molar-refractivity contribution in [3.05, 3.63) is 59.8 Å². The number of hydrogen-bond donors (Lipinski definition) is 0. The molecule has 2 radical (unpaired) electrons. The van der Waals surface area contributed by atoms with Gasteiger partial charge in [-0.1, -0.05) is 0 Å². The van der Waals surface area contributed by atoms with Gasteiger partial charge in [0, 0.05) is 68.5 Å². The molecule has 0 aliphatic heterocycles. The molecule has 2 heterocycles. The van der Waals surface area contributed by atoms with E-state index in [0.717, 1.165) is 28.1 Å². The van der Waals surface area contributed by atoms with Gasteiger partial charge in [0.1, 0.15) is 5.75 Å². The van der Waals surface area contributed by atoms with Crippen molar-refractivity contribution < 1.29 is 70.2 Å². The summed E-state index contributed by atoms with van der Waals surface area (Å²) < 4.78 is 23.7. The van der Waals surface area contributed by atoms with Crippen molar-refractivity contribution >= 4 is 5.52 Å². The van der Waals surface area contributed by atoms with E-state index in [4.69, 9.17) is 18.9 Å². The Balaban J connectivity index is 0.00000182. The number of hydrogen-bond acceptors (Lipinski definition) is 4. The number of pyridine rings is 1. The van der Waals surface area contributed by atoms with E-state index in [2.05, 4.69) is 10.5 Å². The van der Waals surface area contributed by atoms with Crippen molar-refractivity contribution in [2.45, 2.75) is 6.92 Å². The molecule has 2 aromatic heterocycles. The van der Waals surface area contributed by atoms with Gasteiger partial charge in [0.05, 0.1) is 39.9 Å². The molecule has 7 heteroatoms. The van der Waals surface area contributed by atoms with E-state index < -0.39 is 0 Å². The van der Waals surface area contributed by atoms with Crippen LogP contribution in [0.4, 0.5) is 0 Å². The van der Waals surface area contributed by atoms with E-state index >= 15 is 0 Å². The van der Waals surface area contributed by atoms with E-state index in [0.29, 0.717) is 17.2 Å². The predicted molar refractivity (Wildman–Crippen MR) is 96.1 cm³/mol. The molecule has 0 bridgehead atoms. The Labute approximate surface area is 197 Å². The summed E-state index contributed by atoms with van der Waals surface area (Å²) in [4.78, 5) is 0. The standard InChI is InChI=1S/C20H21NO4.V.Y/c1-13-16-7-6-15(21(16)9-8-17(13)22-2)10-14-11-18(23-3)20(25-5)19(12-14)24-4;;/h7-12H,1-5H3;;/q-2;;. The Hall–Kier alpha value is -1.26. The fraction of sp³-hybridized carbons (Fsp3) is 0.250. The van der Waals surface area contributed by atoms with Crippen LogP contribution in [-0.4, -0.2) is 32.8 Å². The first-order chi connectivity index (χ1) is 12.1. The minimum absolute atomic E-state index is 0. The molecule has 3 rings (SSSR count). The van der Waals surface area contributed by atoms with Gasteiger partial charge in [0.25, 0.3) is 0 Å². The Morgan fingerprint density at radius 3 is 2.04 bits per heavy atom. The van der Waals surface area contributed by atoms with Crippen LogP contribution in [0.25, 0.3) is 5.52 Å². The summed E-state index contributed by atoms with van der Waals surface area (Å²) >= 11 is 0. The van der Waals surface area contributed by atoms with Crippen LogP contribution in [0.1, 0.15) is 16.8 Å². The number of aromatic nitrogens is 1. The van der Waals surface area contributed by atoms with Crippen molar-refractivity contribution in [1.29, 1.82) is 0 Å². The maximum Gasteiger partial charge on any atom is 0.165 e. The first-order valence-corrected chi connectivity index (χ1v) is 7.84. The Bertz CT molecular complexity index is 885. The van der Waals surface area contributed by atoms with Crippen LogP contribution in [0.15, 0.2) is 30.5 Å². The van der Waals surface area contributed by atoms with Gasteiger partial charge >= 0.3 is 0 Å². The first-order valence-electron chi connectivity index (χ1n) is 7.84. The second kappa shape index (κ2) is 10.3. The minimum atomic E-state index is 0. The Morgan fingerprint density at radius 1 is 0.926 bits per heavy atom. The quantitative estimate of drug-likeness (QED) is 0.507. The summed E-state index contributed by atoms with van der Waals surface area (Å²) in [6.07, 6.45) is 3.99. The number of methoxy groups -OCH3 is 4. The molecule has 0 spiro atoms. The molecular formula is C20H21NO4VY-2. The zero-order valence-electron chi connectivity index (χ0n) is 16.1. The maximum atomic E-state index is 5.42. The van der Waals surface area contributed by atoms with Crippen LogP contribution in [0.2, 0.25) is 0 Å². The molecule has 1 aromatic carbocycles. The van der Waals surface area contributed by atoms with Gasteiger partial charge < -0.3 is 23.3 Å². The maximum absolute atomic E-state index is 5.42. The summed E-state index contributed by atoms with van der Waals surface area (Å²) in [5.74, 6) is 2.67. The number of aryl methyl sites for hydroxylation is 1. The van der Waals surface area contributed by atoms with Crippen molar-refractivity contribution in [1.82, 2.24) is 4.40 Å². The van der Waals surface area contributed by atoms with Crippen molar-refractivity contribution in [3.8, 4) is 23.0 Å². The smallest absolute Gasteiger partial charge is 0.165 e. The monoisotopic (exact) mass is 479 g/mol. The van der Waals surface area contributed by atoms with Gasteiger partial charge in [0.15, 0.2) is 5.75 Å². The molecule has 0 saturated heterocycles. The summed E-state index contributed by atoms with van der Waals surface area (Å²) in [6.45, 7) is 2.03. The van der Waals surface area contributed by atoms with Crippen LogP contribution >= 0.6 is 0 Å². The number of rotatable bonds is 6. The van der Waals surface area contributed by atoms with Crippen LogP contribution in [0.3, 0.4) is 0 Å². The molecule has 0 amide bonds. The zero-order valence-corrected chi connectivity index (χ0v) is 20.3. The molecule has 0 saturated carbocycles. The number of fused-ring (bicyclic) bond motifs is 1. The van der Waals surface area contributed by atoms with E-state index in [9.17, 15) is 0 Å². The third-order valence-electron chi connectivity index (χ3n) is 4.21. The van der Waals surface area contributed by atoms with E-state index in [1.165, 1.54) is 0 Å². The van der Waals surface area contributed by atoms with Gasteiger partial charge in [-0.05, 0) is 13.0 Å². The molecule has 140 valence electrons. The molecule has 0 aliphatic rings. The summed E-state index contributed by atoms with van der Waals surface area (Å²) in [7, 11) is 6.48. The summed E-state index contributed by atoms with van der Waals surface area (Å²) in [5.41, 5.74) is 3.98. The molecule has 0 aliphatic carbocycles. The largest absolute Gasteiger partial charge is 0.512 e.